The number of hydrogen-bond acceptors (Lipinski definition) is 0. The van der Waals surface area contributed by atoms with Crippen LogP contribution in [0.1, 0.15) is 55.2 Å². The molecule has 3 aromatic carbocycles. The Balaban J connectivity index is 1.79. The van der Waals surface area contributed by atoms with Crippen molar-refractivity contribution in [2.24, 2.45) is 0 Å². The van der Waals surface area contributed by atoms with Gasteiger partial charge in [-0.25, -0.2) is 0 Å². The summed E-state index contributed by atoms with van der Waals surface area (Å²) in [6.07, 6.45) is 13.0. The summed E-state index contributed by atoms with van der Waals surface area (Å²) >= 11 is 2.67. The van der Waals surface area contributed by atoms with E-state index in [1.807, 2.05) is 0 Å². The van der Waals surface area contributed by atoms with Crippen LogP contribution in [-0.4, -0.2) is 0 Å². The van der Waals surface area contributed by atoms with Gasteiger partial charge >= 0.3 is 0 Å². The monoisotopic (exact) mass is 462 g/mol. The van der Waals surface area contributed by atoms with Crippen molar-refractivity contribution in [1.82, 2.24) is 0 Å². The zero-order valence-corrected chi connectivity index (χ0v) is 17.7. The lowest BCUT2D eigenvalue weighted by molar-refractivity contribution is 0.679. The van der Waals surface area contributed by atoms with Crippen molar-refractivity contribution in [3.8, 4) is 22.3 Å². The zero-order valence-electron chi connectivity index (χ0n) is 15.6. The van der Waals surface area contributed by atoms with Gasteiger partial charge in [-0.05, 0) is 124 Å². The molecule has 0 amide bonds. The quantitative estimate of drug-likeness (QED) is 0.252. The Labute approximate surface area is 174 Å². The molecule has 0 atom stereocenters. The molecule has 0 bridgehead atoms. The summed E-state index contributed by atoms with van der Waals surface area (Å²) in [6.45, 7) is 0. The Morgan fingerprint density at radius 3 is 2.11 bits per heavy atom. The average Bonchev–Trinajstić information content (AvgIpc) is 3.06. The van der Waals surface area contributed by atoms with Crippen molar-refractivity contribution >= 4 is 38.9 Å². The molecule has 0 unspecified atom stereocenters. The van der Waals surface area contributed by atoms with Crippen LogP contribution in [0.5, 0.6) is 0 Å². The molecule has 3 aromatic rings. The van der Waals surface area contributed by atoms with E-state index in [4.69, 9.17) is 0 Å². The van der Waals surface area contributed by atoms with Gasteiger partial charge in [0.2, 0.25) is 0 Å². The first-order valence-corrected chi connectivity index (χ1v) is 11.5. The first kappa shape index (κ1) is 16.4. The van der Waals surface area contributed by atoms with Gasteiger partial charge < -0.3 is 0 Å². The smallest absolute Gasteiger partial charge is 0.0250 e. The molecule has 0 saturated heterocycles. The average molecular weight is 462 g/mol. The van der Waals surface area contributed by atoms with E-state index in [1.165, 1.54) is 82.4 Å². The van der Waals surface area contributed by atoms with Crippen LogP contribution in [0.15, 0.2) is 42.5 Å². The molecule has 3 aliphatic carbocycles. The second kappa shape index (κ2) is 6.20. The van der Waals surface area contributed by atoms with Crippen molar-refractivity contribution in [3.63, 3.8) is 0 Å². The van der Waals surface area contributed by atoms with E-state index in [0.29, 0.717) is 0 Å². The highest BCUT2D eigenvalue weighted by atomic mass is 127. The highest BCUT2D eigenvalue weighted by Gasteiger charge is 2.32. The van der Waals surface area contributed by atoms with Crippen LogP contribution >= 0.6 is 22.6 Å². The van der Waals surface area contributed by atoms with Gasteiger partial charge in [0.25, 0.3) is 0 Å². The lowest BCUT2D eigenvalue weighted by atomic mass is 9.78. The Morgan fingerprint density at radius 2 is 1.37 bits per heavy atom. The van der Waals surface area contributed by atoms with Gasteiger partial charge in [-0.2, -0.15) is 0 Å². The topological polar surface area (TPSA) is 0 Å². The van der Waals surface area contributed by atoms with Crippen LogP contribution in [0.2, 0.25) is 0 Å². The standard InChI is InChI=1S/C26H23I/c27-26-19-13-5-4-12-18(19)23(17-8-2-1-3-9-17)24-20-14-6-10-16-11-7-15-21(22(16)20)25(24)26/h6-8,10-11,14-15H,1-5,9,12-13H2. The molecule has 0 radical (unpaired) electrons. The third-order valence-electron chi connectivity index (χ3n) is 6.81. The maximum absolute atomic E-state index is 2.67. The minimum absolute atomic E-state index is 1.25. The highest BCUT2D eigenvalue weighted by Crippen LogP contribution is 2.55. The van der Waals surface area contributed by atoms with Crippen molar-refractivity contribution in [2.45, 2.75) is 51.4 Å². The first-order chi connectivity index (χ1) is 13.3. The molecular formula is C26H23I. The van der Waals surface area contributed by atoms with E-state index >= 15 is 0 Å². The zero-order chi connectivity index (χ0) is 18.0. The van der Waals surface area contributed by atoms with Gasteiger partial charge in [0.15, 0.2) is 0 Å². The molecule has 0 saturated carbocycles. The van der Waals surface area contributed by atoms with Crippen LogP contribution in [0.4, 0.5) is 0 Å². The number of benzene rings is 3. The lowest BCUT2D eigenvalue weighted by Crippen LogP contribution is -2.11. The number of halogens is 1. The van der Waals surface area contributed by atoms with E-state index < -0.39 is 0 Å². The number of hydrogen-bond donors (Lipinski definition) is 0. The summed E-state index contributed by atoms with van der Waals surface area (Å²) in [5, 5.41) is 2.87. The molecule has 0 nitrogen and oxygen atoms in total. The largest absolute Gasteiger partial charge is 0.0807 e. The first-order valence-electron chi connectivity index (χ1n) is 10.4. The lowest BCUT2D eigenvalue weighted by Gasteiger charge is -2.28. The second-order valence-electron chi connectivity index (χ2n) is 8.29. The van der Waals surface area contributed by atoms with Crippen molar-refractivity contribution in [1.29, 1.82) is 0 Å². The molecule has 134 valence electrons. The van der Waals surface area contributed by atoms with E-state index in [1.54, 1.807) is 27.8 Å². The van der Waals surface area contributed by atoms with E-state index in [2.05, 4.69) is 65.1 Å². The predicted molar refractivity (Wildman–Crippen MR) is 124 cm³/mol. The Kier molecular flexibility index (Phi) is 3.76. The molecule has 3 aliphatic rings. The number of rotatable bonds is 1. The van der Waals surface area contributed by atoms with Crippen LogP contribution < -0.4 is 0 Å². The van der Waals surface area contributed by atoms with Crippen LogP contribution in [0.3, 0.4) is 0 Å². The fraction of sp³-hybridized carbons (Fsp3) is 0.308. The highest BCUT2D eigenvalue weighted by molar-refractivity contribution is 14.1. The van der Waals surface area contributed by atoms with Gasteiger partial charge in [-0.15, -0.1) is 0 Å². The van der Waals surface area contributed by atoms with Gasteiger partial charge in [0.1, 0.15) is 0 Å². The molecule has 0 heterocycles. The maximum Gasteiger partial charge on any atom is 0.0250 e. The summed E-state index contributed by atoms with van der Waals surface area (Å²) in [4.78, 5) is 0. The van der Waals surface area contributed by atoms with Gasteiger partial charge in [-0.1, -0.05) is 42.5 Å². The number of fused-ring (bicyclic) bond motifs is 4. The fourth-order valence-electron chi connectivity index (χ4n) is 5.66. The molecule has 0 spiro atoms. The van der Waals surface area contributed by atoms with Gasteiger partial charge in [0, 0.05) is 9.13 Å². The minimum Gasteiger partial charge on any atom is -0.0807 e. The molecular weight excluding hydrogens is 439 g/mol. The van der Waals surface area contributed by atoms with Crippen LogP contribution in [0, 0.1) is 3.57 Å². The number of allylic oxidation sites excluding steroid dienone is 2. The Hall–Kier alpha value is -1.61. The second-order valence-corrected chi connectivity index (χ2v) is 9.37. The summed E-state index contributed by atoms with van der Waals surface area (Å²) in [5.41, 5.74) is 12.6. The molecule has 27 heavy (non-hydrogen) atoms. The summed E-state index contributed by atoms with van der Waals surface area (Å²) < 4.78 is 1.53. The SMILES string of the molecule is Ic1c2c(c(C3=CCCCC3)c3c1-c1cccc4cccc-3c14)CCCC2. The van der Waals surface area contributed by atoms with Crippen molar-refractivity contribution in [2.75, 3.05) is 0 Å². The molecule has 0 aliphatic heterocycles. The van der Waals surface area contributed by atoms with E-state index in [0.717, 1.165) is 0 Å². The normalized spacial score (nSPS) is 17.6. The summed E-state index contributed by atoms with van der Waals surface area (Å²) in [6, 6.07) is 13.8. The van der Waals surface area contributed by atoms with Crippen LogP contribution in [0.25, 0.3) is 38.6 Å². The maximum atomic E-state index is 2.67. The minimum atomic E-state index is 1.25. The molecule has 0 fully saturated rings. The molecule has 6 rings (SSSR count). The van der Waals surface area contributed by atoms with Crippen molar-refractivity contribution < 1.29 is 0 Å². The molecule has 0 N–H and O–H groups in total. The predicted octanol–water partition coefficient (Wildman–Crippen LogP) is 7.93. The van der Waals surface area contributed by atoms with Gasteiger partial charge in [-0.3, -0.25) is 0 Å². The molecule has 0 aromatic heterocycles. The van der Waals surface area contributed by atoms with E-state index in [-0.39, 0.29) is 0 Å². The summed E-state index contributed by atoms with van der Waals surface area (Å²) in [5.74, 6) is 0. The van der Waals surface area contributed by atoms with Crippen LogP contribution in [-0.2, 0) is 12.8 Å². The van der Waals surface area contributed by atoms with Gasteiger partial charge in [0.05, 0.1) is 0 Å². The summed E-state index contributed by atoms with van der Waals surface area (Å²) in [7, 11) is 0. The van der Waals surface area contributed by atoms with E-state index in [9.17, 15) is 0 Å². The Morgan fingerprint density at radius 1 is 0.667 bits per heavy atom. The third-order valence-corrected chi connectivity index (χ3v) is 8.00. The Bertz CT molecular complexity index is 1130. The van der Waals surface area contributed by atoms with Crippen molar-refractivity contribution in [3.05, 3.63) is 62.7 Å². The fourth-order valence-corrected chi connectivity index (χ4v) is 6.81. The third kappa shape index (κ3) is 2.27. The molecule has 1 heteroatoms.